The molecule has 1 aromatic heterocycles. The molecule has 4 rings (SSSR count). The van der Waals surface area contributed by atoms with E-state index in [-0.39, 0.29) is 5.91 Å². The van der Waals surface area contributed by atoms with E-state index in [4.69, 9.17) is 0 Å². The smallest absolute Gasteiger partial charge is 0.261 e. The lowest BCUT2D eigenvalue weighted by atomic mass is 9.99. The number of aromatic amines is 1. The van der Waals surface area contributed by atoms with E-state index in [1.54, 1.807) is 30.6 Å². The maximum absolute atomic E-state index is 13.1. The van der Waals surface area contributed by atoms with E-state index >= 15 is 0 Å². The van der Waals surface area contributed by atoms with Crippen LogP contribution in [0.1, 0.15) is 32.9 Å². The summed E-state index contributed by atoms with van der Waals surface area (Å²) in [6.45, 7) is 3.93. The Morgan fingerprint density at radius 2 is 1.92 bits per heavy atom. The molecule has 5 heteroatoms. The van der Waals surface area contributed by atoms with Crippen LogP contribution in [0.3, 0.4) is 0 Å². The van der Waals surface area contributed by atoms with Crippen molar-refractivity contribution in [3.8, 4) is 0 Å². The number of carbonyl (C=O) groups is 1. The molecule has 0 fully saturated rings. The number of fused-ring (bicyclic) bond motifs is 1. The lowest BCUT2D eigenvalue weighted by Gasteiger charge is -2.33. The molecule has 0 radical (unpaired) electrons. The van der Waals surface area contributed by atoms with Gasteiger partial charge in [-0.25, -0.2) is 4.98 Å². The second-order valence-electron chi connectivity index (χ2n) is 6.02. The highest BCUT2D eigenvalue weighted by Crippen LogP contribution is 2.44. The molecule has 1 aliphatic rings. The number of anilines is 1. The van der Waals surface area contributed by atoms with Gasteiger partial charge in [-0.05, 0) is 37.1 Å². The van der Waals surface area contributed by atoms with Gasteiger partial charge in [0, 0.05) is 23.5 Å². The number of aryl methyl sites for hydroxylation is 1. The fraction of sp³-hybridized carbons (Fsp3) is 0.158. The Morgan fingerprint density at radius 1 is 1.12 bits per heavy atom. The molecule has 3 aromatic rings. The van der Waals surface area contributed by atoms with Crippen LogP contribution in [0.15, 0.2) is 54.9 Å². The highest BCUT2D eigenvalue weighted by atomic mass is 16.3. The first kappa shape index (κ1) is 14.7. The van der Waals surface area contributed by atoms with Crippen molar-refractivity contribution in [2.24, 2.45) is 0 Å². The van der Waals surface area contributed by atoms with Crippen LogP contribution in [0.25, 0.3) is 0 Å². The molecule has 0 saturated carbocycles. The Labute approximate surface area is 139 Å². The molecule has 2 N–H and O–H groups in total. The van der Waals surface area contributed by atoms with E-state index in [0.29, 0.717) is 22.6 Å². The first-order chi connectivity index (χ1) is 11.5. The predicted octanol–water partition coefficient (Wildman–Crippen LogP) is 2.88. The Hall–Kier alpha value is -2.92. The second kappa shape index (κ2) is 5.04. The lowest BCUT2D eigenvalue weighted by molar-refractivity contribution is 0.0652. The summed E-state index contributed by atoms with van der Waals surface area (Å²) in [7, 11) is 0. The van der Waals surface area contributed by atoms with Crippen LogP contribution < -0.4 is 4.90 Å². The van der Waals surface area contributed by atoms with Crippen molar-refractivity contribution >= 4 is 11.6 Å². The summed E-state index contributed by atoms with van der Waals surface area (Å²) in [6, 6.07) is 12.8. The molecule has 0 saturated heterocycles. The third kappa shape index (κ3) is 1.79. The van der Waals surface area contributed by atoms with Crippen molar-refractivity contribution in [3.63, 3.8) is 0 Å². The van der Waals surface area contributed by atoms with Crippen molar-refractivity contribution in [3.05, 3.63) is 82.9 Å². The maximum Gasteiger partial charge on any atom is 0.261 e. The van der Waals surface area contributed by atoms with Gasteiger partial charge >= 0.3 is 0 Å². The summed E-state index contributed by atoms with van der Waals surface area (Å²) in [6.07, 6.45) is 3.21. The SMILES string of the molecule is Cc1cccc(N2C(=O)c3ccccc3C2(O)c2ncc[nH]2)c1C. The van der Waals surface area contributed by atoms with Gasteiger partial charge in [-0.1, -0.05) is 30.3 Å². The summed E-state index contributed by atoms with van der Waals surface area (Å²) in [5, 5.41) is 11.6. The summed E-state index contributed by atoms with van der Waals surface area (Å²) in [4.78, 5) is 21.7. The van der Waals surface area contributed by atoms with Crippen molar-refractivity contribution < 1.29 is 9.90 Å². The fourth-order valence-electron chi connectivity index (χ4n) is 3.31. The predicted molar refractivity (Wildman–Crippen MR) is 90.8 cm³/mol. The number of aromatic nitrogens is 2. The molecule has 5 nitrogen and oxygen atoms in total. The number of imidazole rings is 1. The van der Waals surface area contributed by atoms with Crippen LogP contribution in [-0.4, -0.2) is 21.0 Å². The monoisotopic (exact) mass is 319 g/mol. The van der Waals surface area contributed by atoms with Gasteiger partial charge in [0.25, 0.3) is 5.91 Å². The maximum atomic E-state index is 13.1. The normalized spacial score (nSPS) is 19.6. The van der Waals surface area contributed by atoms with Gasteiger partial charge < -0.3 is 10.1 Å². The average Bonchev–Trinajstić information content (AvgIpc) is 3.19. The van der Waals surface area contributed by atoms with Crippen LogP contribution in [0.4, 0.5) is 5.69 Å². The van der Waals surface area contributed by atoms with Crippen LogP contribution in [0, 0.1) is 13.8 Å². The van der Waals surface area contributed by atoms with Gasteiger partial charge in [0.2, 0.25) is 5.72 Å². The van der Waals surface area contributed by atoms with Crippen LogP contribution in [0.2, 0.25) is 0 Å². The molecule has 1 aliphatic heterocycles. The molecule has 0 aliphatic carbocycles. The summed E-state index contributed by atoms with van der Waals surface area (Å²) >= 11 is 0. The number of aliphatic hydroxyl groups is 1. The Bertz CT molecular complexity index is 934. The molecule has 2 aromatic carbocycles. The average molecular weight is 319 g/mol. The van der Waals surface area contributed by atoms with Gasteiger partial charge in [-0.2, -0.15) is 0 Å². The van der Waals surface area contributed by atoms with E-state index < -0.39 is 5.72 Å². The standard InChI is InChI=1S/C19H17N3O2/c1-12-6-5-9-16(13(12)2)22-17(23)14-7-3-4-8-15(14)19(22,24)18-20-10-11-21-18/h3-11,24H,1-2H3,(H,20,21). The lowest BCUT2D eigenvalue weighted by Crippen LogP contribution is -2.46. The van der Waals surface area contributed by atoms with Crippen molar-refractivity contribution in [1.29, 1.82) is 0 Å². The molecule has 1 atom stereocenters. The quantitative estimate of drug-likeness (QED) is 0.763. The number of hydrogen-bond acceptors (Lipinski definition) is 3. The molecule has 0 bridgehead atoms. The largest absolute Gasteiger partial charge is 0.360 e. The van der Waals surface area contributed by atoms with Gasteiger partial charge in [-0.3, -0.25) is 9.69 Å². The highest BCUT2D eigenvalue weighted by Gasteiger charge is 2.52. The minimum absolute atomic E-state index is 0.238. The molecular formula is C19H17N3O2. The Kier molecular flexibility index (Phi) is 3.08. The van der Waals surface area contributed by atoms with E-state index in [0.717, 1.165) is 11.1 Å². The van der Waals surface area contributed by atoms with E-state index in [9.17, 15) is 9.90 Å². The number of nitrogens with one attached hydrogen (secondary N) is 1. The summed E-state index contributed by atoms with van der Waals surface area (Å²) in [5.74, 6) is 0.0832. The molecule has 0 spiro atoms. The van der Waals surface area contributed by atoms with Crippen molar-refractivity contribution in [2.75, 3.05) is 4.90 Å². The van der Waals surface area contributed by atoms with Gasteiger partial charge in [-0.15, -0.1) is 0 Å². The van der Waals surface area contributed by atoms with E-state index in [1.165, 1.54) is 4.90 Å². The highest BCUT2D eigenvalue weighted by molar-refractivity contribution is 6.12. The van der Waals surface area contributed by atoms with Crippen LogP contribution in [-0.2, 0) is 5.72 Å². The van der Waals surface area contributed by atoms with Crippen LogP contribution >= 0.6 is 0 Å². The molecule has 24 heavy (non-hydrogen) atoms. The fourth-order valence-corrected chi connectivity index (χ4v) is 3.31. The van der Waals surface area contributed by atoms with Crippen molar-refractivity contribution in [1.82, 2.24) is 9.97 Å². The third-order valence-electron chi connectivity index (χ3n) is 4.71. The van der Waals surface area contributed by atoms with Gasteiger partial charge in [0.15, 0.2) is 5.82 Å². The minimum atomic E-state index is -1.66. The van der Waals surface area contributed by atoms with E-state index in [1.807, 2.05) is 38.1 Å². The molecular weight excluding hydrogens is 302 g/mol. The first-order valence-electron chi connectivity index (χ1n) is 7.77. The van der Waals surface area contributed by atoms with Crippen LogP contribution in [0.5, 0.6) is 0 Å². The summed E-state index contributed by atoms with van der Waals surface area (Å²) in [5.41, 5.74) is 2.04. The number of nitrogens with zero attached hydrogens (tertiary/aromatic N) is 2. The number of carbonyl (C=O) groups excluding carboxylic acids is 1. The molecule has 120 valence electrons. The van der Waals surface area contributed by atoms with Crippen molar-refractivity contribution in [2.45, 2.75) is 19.6 Å². The van der Waals surface area contributed by atoms with Gasteiger partial charge in [0.1, 0.15) is 0 Å². The van der Waals surface area contributed by atoms with E-state index in [2.05, 4.69) is 9.97 Å². The molecule has 2 heterocycles. The zero-order valence-electron chi connectivity index (χ0n) is 13.4. The molecule has 1 amide bonds. The molecule has 1 unspecified atom stereocenters. The Balaban J connectivity index is 2.03. The zero-order valence-corrected chi connectivity index (χ0v) is 13.4. The number of amides is 1. The number of benzene rings is 2. The Morgan fingerprint density at radius 3 is 2.67 bits per heavy atom. The van der Waals surface area contributed by atoms with Gasteiger partial charge in [0.05, 0.1) is 5.69 Å². The number of hydrogen-bond donors (Lipinski definition) is 2. The number of rotatable bonds is 2. The third-order valence-corrected chi connectivity index (χ3v) is 4.71. The summed E-state index contributed by atoms with van der Waals surface area (Å²) < 4.78 is 0. The first-order valence-corrected chi connectivity index (χ1v) is 7.77. The number of H-pyrrole nitrogens is 1. The topological polar surface area (TPSA) is 69.2 Å². The minimum Gasteiger partial charge on any atom is -0.360 e. The second-order valence-corrected chi connectivity index (χ2v) is 6.02. The zero-order chi connectivity index (χ0) is 16.9.